The minimum atomic E-state index is 0.293. The highest BCUT2D eigenvalue weighted by molar-refractivity contribution is 5.22. The lowest BCUT2D eigenvalue weighted by molar-refractivity contribution is 0.365. The SMILES string of the molecule is CC.CC(C)(C)CCCc1ccccc1.CC(C)(C)c1ccccc1. The van der Waals surface area contributed by atoms with E-state index in [2.05, 4.69) is 102 Å². The topological polar surface area (TPSA) is 0 Å². The quantitative estimate of drug-likeness (QED) is 0.530. The molecule has 140 valence electrons. The fourth-order valence-corrected chi connectivity index (χ4v) is 2.41. The van der Waals surface area contributed by atoms with Crippen molar-refractivity contribution >= 4 is 0 Å². The first-order chi connectivity index (χ1) is 11.7. The number of hydrogen-bond acceptors (Lipinski definition) is 0. The molecule has 0 heteroatoms. The molecular weight excluding hydrogens is 300 g/mol. The Morgan fingerprint density at radius 1 is 0.640 bits per heavy atom. The molecule has 2 rings (SSSR count). The average Bonchev–Trinajstić information content (AvgIpc) is 2.57. The summed E-state index contributed by atoms with van der Waals surface area (Å²) in [6.07, 6.45) is 3.83. The number of aryl methyl sites for hydroxylation is 1. The smallest absolute Gasteiger partial charge is 0.0132 e. The highest BCUT2D eigenvalue weighted by Crippen LogP contribution is 2.22. The van der Waals surface area contributed by atoms with E-state index in [0.29, 0.717) is 10.8 Å². The molecule has 0 spiro atoms. The van der Waals surface area contributed by atoms with Crippen molar-refractivity contribution in [1.82, 2.24) is 0 Å². The van der Waals surface area contributed by atoms with Crippen LogP contribution in [-0.4, -0.2) is 0 Å². The number of benzene rings is 2. The lowest BCUT2D eigenvalue weighted by atomic mass is 9.87. The monoisotopic (exact) mass is 340 g/mol. The van der Waals surface area contributed by atoms with Crippen LogP contribution in [-0.2, 0) is 11.8 Å². The Morgan fingerprint density at radius 3 is 1.44 bits per heavy atom. The van der Waals surface area contributed by atoms with Crippen LogP contribution in [0, 0.1) is 5.41 Å². The van der Waals surface area contributed by atoms with E-state index in [1.165, 1.54) is 30.4 Å². The molecule has 25 heavy (non-hydrogen) atoms. The van der Waals surface area contributed by atoms with Gasteiger partial charge < -0.3 is 0 Å². The van der Waals surface area contributed by atoms with Gasteiger partial charge in [-0.15, -0.1) is 0 Å². The first-order valence-electron chi connectivity index (χ1n) is 9.78. The zero-order chi connectivity index (χ0) is 19.3. The van der Waals surface area contributed by atoms with Crippen molar-refractivity contribution in [1.29, 1.82) is 0 Å². The van der Waals surface area contributed by atoms with Crippen molar-refractivity contribution in [2.45, 2.75) is 80.1 Å². The van der Waals surface area contributed by atoms with E-state index in [1.807, 2.05) is 13.8 Å². The Kier molecular flexibility index (Phi) is 11.2. The van der Waals surface area contributed by atoms with Gasteiger partial charge in [-0.25, -0.2) is 0 Å². The van der Waals surface area contributed by atoms with Crippen molar-refractivity contribution in [2.75, 3.05) is 0 Å². The molecule has 0 heterocycles. The third-order valence-corrected chi connectivity index (χ3v) is 3.87. The van der Waals surface area contributed by atoms with Gasteiger partial charge in [0, 0.05) is 0 Å². The van der Waals surface area contributed by atoms with Crippen LogP contribution in [0.15, 0.2) is 60.7 Å². The lowest BCUT2D eigenvalue weighted by Gasteiger charge is -2.18. The maximum absolute atomic E-state index is 2.30. The van der Waals surface area contributed by atoms with E-state index in [9.17, 15) is 0 Å². The lowest BCUT2D eigenvalue weighted by Crippen LogP contribution is -2.10. The molecule has 0 fully saturated rings. The van der Waals surface area contributed by atoms with E-state index < -0.39 is 0 Å². The molecule has 0 aliphatic rings. The summed E-state index contributed by atoms with van der Waals surface area (Å²) >= 11 is 0. The summed E-state index contributed by atoms with van der Waals surface area (Å²) in [7, 11) is 0. The van der Waals surface area contributed by atoms with Gasteiger partial charge in [-0.3, -0.25) is 0 Å². The minimum absolute atomic E-state index is 0.293. The summed E-state index contributed by atoms with van der Waals surface area (Å²) in [6.45, 7) is 17.6. The molecule has 0 aliphatic heterocycles. The predicted molar refractivity (Wildman–Crippen MR) is 115 cm³/mol. The largest absolute Gasteiger partial charge is 0.0683 e. The van der Waals surface area contributed by atoms with E-state index in [1.54, 1.807) is 0 Å². The molecule has 0 unspecified atom stereocenters. The Bertz CT molecular complexity index is 524. The Labute approximate surface area is 157 Å². The molecule has 0 nitrogen and oxygen atoms in total. The second kappa shape index (κ2) is 11.9. The van der Waals surface area contributed by atoms with Gasteiger partial charge >= 0.3 is 0 Å². The average molecular weight is 341 g/mol. The van der Waals surface area contributed by atoms with Crippen LogP contribution in [0.25, 0.3) is 0 Å². The molecule has 0 atom stereocenters. The summed E-state index contributed by atoms with van der Waals surface area (Å²) in [5.74, 6) is 0. The normalized spacial score (nSPS) is 10.9. The first kappa shape index (κ1) is 23.4. The Hall–Kier alpha value is -1.56. The van der Waals surface area contributed by atoms with Crippen LogP contribution in [0.1, 0.15) is 79.4 Å². The summed E-state index contributed by atoms with van der Waals surface area (Å²) in [5, 5.41) is 0. The van der Waals surface area contributed by atoms with Gasteiger partial charge in [0.2, 0.25) is 0 Å². The third kappa shape index (κ3) is 12.5. The Balaban J connectivity index is 0.000000430. The summed E-state index contributed by atoms with van der Waals surface area (Å²) < 4.78 is 0. The maximum atomic E-state index is 2.30. The third-order valence-electron chi connectivity index (χ3n) is 3.87. The van der Waals surface area contributed by atoms with Crippen LogP contribution in [0.3, 0.4) is 0 Å². The zero-order valence-electron chi connectivity index (χ0n) is 17.9. The Morgan fingerprint density at radius 2 is 1.08 bits per heavy atom. The van der Waals surface area contributed by atoms with Gasteiger partial charge in [-0.05, 0) is 41.2 Å². The van der Waals surface area contributed by atoms with Gasteiger partial charge in [-0.1, -0.05) is 116 Å². The number of rotatable bonds is 3. The van der Waals surface area contributed by atoms with E-state index in [-0.39, 0.29) is 0 Å². The van der Waals surface area contributed by atoms with Gasteiger partial charge in [0.1, 0.15) is 0 Å². The summed E-state index contributed by atoms with van der Waals surface area (Å²) in [6, 6.07) is 21.3. The minimum Gasteiger partial charge on any atom is -0.0683 e. The highest BCUT2D eigenvalue weighted by Gasteiger charge is 2.11. The van der Waals surface area contributed by atoms with Gasteiger partial charge in [0.15, 0.2) is 0 Å². The first-order valence-corrected chi connectivity index (χ1v) is 9.78. The van der Waals surface area contributed by atoms with E-state index >= 15 is 0 Å². The van der Waals surface area contributed by atoms with Crippen molar-refractivity contribution in [3.63, 3.8) is 0 Å². The van der Waals surface area contributed by atoms with Crippen LogP contribution in [0.4, 0.5) is 0 Å². The fourth-order valence-electron chi connectivity index (χ4n) is 2.41. The highest BCUT2D eigenvalue weighted by atomic mass is 14.2. The molecule has 2 aromatic carbocycles. The van der Waals surface area contributed by atoms with Crippen molar-refractivity contribution in [2.24, 2.45) is 5.41 Å². The van der Waals surface area contributed by atoms with Crippen LogP contribution >= 0.6 is 0 Å². The van der Waals surface area contributed by atoms with Crippen LogP contribution < -0.4 is 0 Å². The zero-order valence-corrected chi connectivity index (χ0v) is 17.9. The van der Waals surface area contributed by atoms with Crippen LogP contribution in [0.5, 0.6) is 0 Å². The van der Waals surface area contributed by atoms with E-state index in [4.69, 9.17) is 0 Å². The molecule has 0 saturated carbocycles. The fraction of sp³-hybridized carbons (Fsp3) is 0.520. The molecule has 0 bridgehead atoms. The second-order valence-electron chi connectivity index (χ2n) is 8.52. The standard InChI is InChI=1S/C13H20.C10H14.C2H6/c1-13(2,3)11-7-10-12-8-5-4-6-9-12;1-10(2,3)9-7-5-4-6-8-9;1-2/h4-6,8-9H,7,10-11H2,1-3H3;4-8H,1-3H3;1-2H3. The molecule has 0 radical (unpaired) electrons. The molecule has 0 saturated heterocycles. The summed E-state index contributed by atoms with van der Waals surface area (Å²) in [5.41, 5.74) is 3.64. The predicted octanol–water partition coefficient (Wildman–Crippen LogP) is 8.07. The molecule has 0 aliphatic carbocycles. The molecular formula is C25H40. The van der Waals surface area contributed by atoms with Gasteiger partial charge in [0.25, 0.3) is 0 Å². The van der Waals surface area contributed by atoms with Gasteiger partial charge in [-0.2, -0.15) is 0 Å². The molecule has 2 aromatic rings. The van der Waals surface area contributed by atoms with Crippen LogP contribution in [0.2, 0.25) is 0 Å². The van der Waals surface area contributed by atoms with Crippen molar-refractivity contribution in [3.8, 4) is 0 Å². The number of hydrogen-bond donors (Lipinski definition) is 0. The van der Waals surface area contributed by atoms with Gasteiger partial charge in [0.05, 0.1) is 0 Å². The summed E-state index contributed by atoms with van der Waals surface area (Å²) in [4.78, 5) is 0. The van der Waals surface area contributed by atoms with Crippen molar-refractivity contribution in [3.05, 3.63) is 71.8 Å². The maximum Gasteiger partial charge on any atom is -0.0132 e. The van der Waals surface area contributed by atoms with E-state index in [0.717, 1.165) is 0 Å². The second-order valence-corrected chi connectivity index (χ2v) is 8.52. The molecule has 0 aromatic heterocycles. The van der Waals surface area contributed by atoms with Crippen molar-refractivity contribution < 1.29 is 0 Å². The molecule has 0 amide bonds. The molecule has 0 N–H and O–H groups in total.